The molecule has 3 rings (SSSR count). The van der Waals surface area contributed by atoms with Crippen LogP contribution < -0.4 is 11.3 Å². The van der Waals surface area contributed by atoms with Crippen molar-refractivity contribution >= 4 is 11.8 Å². The molecule has 2 atom stereocenters. The topological polar surface area (TPSA) is 38.0 Å². The molecule has 0 radical (unpaired) electrons. The molecule has 0 aliphatic carbocycles. The third kappa shape index (κ3) is 2.90. The predicted molar refractivity (Wildman–Crippen MR) is 87.4 cm³/mol. The highest BCUT2D eigenvalue weighted by Crippen LogP contribution is 2.34. The third-order valence-corrected chi connectivity index (χ3v) is 5.18. The van der Waals surface area contributed by atoms with E-state index in [4.69, 9.17) is 5.84 Å². The van der Waals surface area contributed by atoms with Crippen LogP contribution in [0, 0.1) is 5.92 Å². The van der Waals surface area contributed by atoms with E-state index in [1.807, 2.05) is 17.8 Å². The second kappa shape index (κ2) is 6.44. The number of hydrogen-bond acceptors (Lipinski definition) is 3. The van der Waals surface area contributed by atoms with Crippen LogP contribution in [0.25, 0.3) is 11.1 Å². The number of nitrogens with two attached hydrogens (primary N) is 1. The molecule has 3 heteroatoms. The first-order chi connectivity index (χ1) is 9.88. The Bertz CT molecular complexity index is 533. The van der Waals surface area contributed by atoms with Gasteiger partial charge in [-0.15, -0.1) is 0 Å². The van der Waals surface area contributed by atoms with Crippen LogP contribution in [0.1, 0.15) is 18.0 Å². The Morgan fingerprint density at radius 1 is 1.00 bits per heavy atom. The van der Waals surface area contributed by atoms with Gasteiger partial charge >= 0.3 is 0 Å². The van der Waals surface area contributed by atoms with Gasteiger partial charge in [0.1, 0.15) is 0 Å². The minimum atomic E-state index is 0.273. The van der Waals surface area contributed by atoms with Crippen molar-refractivity contribution in [1.29, 1.82) is 0 Å². The maximum absolute atomic E-state index is 5.77. The Morgan fingerprint density at radius 3 is 2.30 bits per heavy atom. The van der Waals surface area contributed by atoms with Crippen molar-refractivity contribution in [3.63, 3.8) is 0 Å². The molecular formula is C17H20N2S. The fourth-order valence-corrected chi connectivity index (χ4v) is 4.13. The molecule has 104 valence electrons. The standard InChI is InChI=1S/C17H20N2S/c18-19-17(16-10-11-20-12-16)15-8-6-14(7-9-15)13-4-2-1-3-5-13/h1-9,16-17,19H,10-12,18H2. The van der Waals surface area contributed by atoms with Gasteiger partial charge in [-0.25, -0.2) is 0 Å². The first kappa shape index (κ1) is 13.7. The van der Waals surface area contributed by atoms with Gasteiger partial charge < -0.3 is 0 Å². The zero-order valence-corrected chi connectivity index (χ0v) is 12.3. The molecule has 0 bridgehead atoms. The Hall–Kier alpha value is -1.29. The average Bonchev–Trinajstić information content (AvgIpc) is 3.04. The van der Waals surface area contributed by atoms with Crippen molar-refractivity contribution in [2.24, 2.45) is 11.8 Å². The Labute approximate surface area is 124 Å². The molecular weight excluding hydrogens is 264 g/mol. The summed E-state index contributed by atoms with van der Waals surface area (Å²) in [6.07, 6.45) is 1.25. The molecule has 0 spiro atoms. The van der Waals surface area contributed by atoms with Crippen LogP contribution >= 0.6 is 11.8 Å². The summed E-state index contributed by atoms with van der Waals surface area (Å²) >= 11 is 2.03. The van der Waals surface area contributed by atoms with E-state index in [1.165, 1.54) is 34.6 Å². The van der Waals surface area contributed by atoms with Gasteiger partial charge in [-0.05, 0) is 40.5 Å². The van der Waals surface area contributed by atoms with E-state index in [1.54, 1.807) is 0 Å². The highest BCUT2D eigenvalue weighted by atomic mass is 32.2. The molecule has 1 aliphatic heterocycles. The first-order valence-electron chi connectivity index (χ1n) is 7.08. The van der Waals surface area contributed by atoms with Crippen molar-refractivity contribution < 1.29 is 0 Å². The summed E-state index contributed by atoms with van der Waals surface area (Å²) < 4.78 is 0. The normalized spacial score (nSPS) is 19.9. The van der Waals surface area contributed by atoms with Gasteiger partial charge in [-0.3, -0.25) is 11.3 Å². The quantitative estimate of drug-likeness (QED) is 0.665. The maximum Gasteiger partial charge on any atom is 0.0496 e. The zero-order chi connectivity index (χ0) is 13.8. The summed E-state index contributed by atoms with van der Waals surface area (Å²) in [7, 11) is 0. The fraction of sp³-hybridized carbons (Fsp3) is 0.294. The number of nitrogens with one attached hydrogen (secondary N) is 1. The lowest BCUT2D eigenvalue weighted by molar-refractivity contribution is 0.400. The number of hydrazine groups is 1. The van der Waals surface area contributed by atoms with Gasteiger partial charge in [0, 0.05) is 6.04 Å². The molecule has 0 aromatic heterocycles. The van der Waals surface area contributed by atoms with E-state index in [9.17, 15) is 0 Å². The van der Waals surface area contributed by atoms with Gasteiger partial charge in [0.05, 0.1) is 0 Å². The summed E-state index contributed by atoms with van der Waals surface area (Å²) in [4.78, 5) is 0. The van der Waals surface area contributed by atoms with Crippen molar-refractivity contribution in [3.8, 4) is 11.1 Å². The molecule has 1 aliphatic rings. The van der Waals surface area contributed by atoms with E-state index < -0.39 is 0 Å². The highest BCUT2D eigenvalue weighted by molar-refractivity contribution is 7.99. The van der Waals surface area contributed by atoms with Crippen molar-refractivity contribution in [2.75, 3.05) is 11.5 Å². The van der Waals surface area contributed by atoms with Gasteiger partial charge in [0.2, 0.25) is 0 Å². The number of rotatable bonds is 4. The molecule has 2 nitrogen and oxygen atoms in total. The van der Waals surface area contributed by atoms with Crippen molar-refractivity contribution in [1.82, 2.24) is 5.43 Å². The molecule has 2 aromatic rings. The molecule has 1 fully saturated rings. The molecule has 20 heavy (non-hydrogen) atoms. The van der Waals surface area contributed by atoms with Gasteiger partial charge in [0.15, 0.2) is 0 Å². The first-order valence-corrected chi connectivity index (χ1v) is 8.23. The van der Waals surface area contributed by atoms with Crippen LogP contribution in [-0.2, 0) is 0 Å². The van der Waals surface area contributed by atoms with Crippen LogP contribution in [-0.4, -0.2) is 11.5 Å². The number of benzene rings is 2. The molecule has 2 aromatic carbocycles. The summed E-state index contributed by atoms with van der Waals surface area (Å²) in [6, 6.07) is 19.5. The van der Waals surface area contributed by atoms with E-state index >= 15 is 0 Å². The van der Waals surface area contributed by atoms with Crippen LogP contribution in [0.3, 0.4) is 0 Å². The largest absolute Gasteiger partial charge is 0.271 e. The minimum absolute atomic E-state index is 0.273. The molecule has 3 N–H and O–H groups in total. The van der Waals surface area contributed by atoms with Crippen LogP contribution in [0.5, 0.6) is 0 Å². The van der Waals surface area contributed by atoms with Gasteiger partial charge in [-0.1, -0.05) is 54.6 Å². The lowest BCUT2D eigenvalue weighted by Gasteiger charge is -2.22. The van der Waals surface area contributed by atoms with Crippen molar-refractivity contribution in [3.05, 3.63) is 60.2 Å². The van der Waals surface area contributed by atoms with Crippen LogP contribution in [0.2, 0.25) is 0 Å². The van der Waals surface area contributed by atoms with Crippen LogP contribution in [0.15, 0.2) is 54.6 Å². The monoisotopic (exact) mass is 284 g/mol. The maximum atomic E-state index is 5.77. The smallest absolute Gasteiger partial charge is 0.0496 e. The molecule has 0 amide bonds. The van der Waals surface area contributed by atoms with Gasteiger partial charge in [0.25, 0.3) is 0 Å². The number of hydrogen-bond donors (Lipinski definition) is 2. The predicted octanol–water partition coefficient (Wildman–Crippen LogP) is 3.61. The molecule has 1 heterocycles. The molecule has 2 unspecified atom stereocenters. The molecule has 1 saturated heterocycles. The minimum Gasteiger partial charge on any atom is -0.271 e. The van der Waals surface area contributed by atoms with Crippen molar-refractivity contribution in [2.45, 2.75) is 12.5 Å². The summed E-state index contributed by atoms with van der Waals surface area (Å²) in [6.45, 7) is 0. The van der Waals surface area contributed by atoms with Crippen LogP contribution in [0.4, 0.5) is 0 Å². The lowest BCUT2D eigenvalue weighted by atomic mass is 9.92. The summed E-state index contributed by atoms with van der Waals surface area (Å²) in [5, 5.41) is 0. The Balaban J connectivity index is 1.81. The van der Waals surface area contributed by atoms with E-state index in [0.717, 1.165) is 0 Å². The second-order valence-corrected chi connectivity index (χ2v) is 6.41. The fourth-order valence-electron chi connectivity index (χ4n) is 2.83. The van der Waals surface area contributed by atoms with E-state index in [-0.39, 0.29) is 6.04 Å². The summed E-state index contributed by atoms with van der Waals surface area (Å²) in [5.74, 6) is 8.88. The Kier molecular flexibility index (Phi) is 4.41. The third-order valence-electron chi connectivity index (χ3n) is 3.99. The SMILES string of the molecule is NNC(c1ccc(-c2ccccc2)cc1)C1CCSC1. The second-order valence-electron chi connectivity index (χ2n) is 5.26. The highest BCUT2D eigenvalue weighted by Gasteiger charge is 2.25. The Morgan fingerprint density at radius 2 is 1.70 bits per heavy atom. The lowest BCUT2D eigenvalue weighted by Crippen LogP contribution is -2.33. The van der Waals surface area contributed by atoms with Gasteiger partial charge in [-0.2, -0.15) is 11.8 Å². The summed E-state index contributed by atoms with van der Waals surface area (Å²) in [5.41, 5.74) is 6.81. The van der Waals surface area contributed by atoms with E-state index in [2.05, 4.69) is 54.0 Å². The average molecular weight is 284 g/mol. The molecule has 0 saturated carbocycles. The number of thioether (sulfide) groups is 1. The van der Waals surface area contributed by atoms with E-state index in [0.29, 0.717) is 5.92 Å². The zero-order valence-electron chi connectivity index (χ0n) is 11.5.